The van der Waals surface area contributed by atoms with Crippen molar-refractivity contribution in [3.63, 3.8) is 0 Å². The van der Waals surface area contributed by atoms with Crippen molar-refractivity contribution in [2.24, 2.45) is 5.73 Å². The van der Waals surface area contributed by atoms with E-state index in [1.165, 1.54) is 4.88 Å². The summed E-state index contributed by atoms with van der Waals surface area (Å²) in [6.45, 7) is 4.23. The van der Waals surface area contributed by atoms with Gasteiger partial charge in [0.15, 0.2) is 0 Å². The predicted octanol–water partition coefficient (Wildman–Crippen LogP) is 2.23. The molecule has 6 heteroatoms. The standard InChI is InChI=1S/C13H23BrN2O2S/c1-3-10(15)13(11-4-5-12(14)19-11)16(6-8-17)7-9-18-2/h4-5,10,13,17H,3,6-9,15H2,1-2H3. The number of thiophene rings is 1. The van der Waals surface area contributed by atoms with Crippen LogP contribution in [-0.2, 0) is 4.74 Å². The smallest absolute Gasteiger partial charge is 0.0702 e. The molecule has 2 unspecified atom stereocenters. The van der Waals surface area contributed by atoms with Crippen molar-refractivity contribution in [3.8, 4) is 0 Å². The lowest BCUT2D eigenvalue weighted by Gasteiger charge is -2.34. The molecule has 4 nitrogen and oxygen atoms in total. The summed E-state index contributed by atoms with van der Waals surface area (Å²) in [6.07, 6.45) is 0.898. The molecule has 1 heterocycles. The third-order valence-electron chi connectivity index (χ3n) is 3.13. The Bertz CT molecular complexity index is 362. The maximum Gasteiger partial charge on any atom is 0.0702 e. The minimum atomic E-state index is 0.0500. The molecule has 1 aromatic heterocycles. The van der Waals surface area contributed by atoms with Crippen molar-refractivity contribution in [2.45, 2.75) is 25.4 Å². The average molecular weight is 351 g/mol. The van der Waals surface area contributed by atoms with Crippen molar-refractivity contribution in [2.75, 3.05) is 33.4 Å². The van der Waals surface area contributed by atoms with Gasteiger partial charge in [-0.1, -0.05) is 6.92 Å². The van der Waals surface area contributed by atoms with Crippen LogP contribution < -0.4 is 5.73 Å². The summed E-state index contributed by atoms with van der Waals surface area (Å²) in [5.41, 5.74) is 6.29. The normalized spacial score (nSPS) is 14.8. The molecule has 0 radical (unpaired) electrons. The number of nitrogens with zero attached hydrogens (tertiary/aromatic N) is 1. The zero-order chi connectivity index (χ0) is 14.3. The van der Waals surface area contributed by atoms with Gasteiger partial charge in [-0.3, -0.25) is 4.90 Å². The highest BCUT2D eigenvalue weighted by molar-refractivity contribution is 9.11. The Hall–Kier alpha value is 0.0200. The minimum Gasteiger partial charge on any atom is -0.395 e. The highest BCUT2D eigenvalue weighted by atomic mass is 79.9. The highest BCUT2D eigenvalue weighted by Crippen LogP contribution is 2.33. The number of halogens is 1. The summed E-state index contributed by atoms with van der Waals surface area (Å²) in [4.78, 5) is 3.43. The van der Waals surface area contributed by atoms with E-state index in [1.807, 2.05) is 6.07 Å². The van der Waals surface area contributed by atoms with Crippen LogP contribution in [0, 0.1) is 0 Å². The number of rotatable bonds is 9. The van der Waals surface area contributed by atoms with Gasteiger partial charge in [0, 0.05) is 31.1 Å². The fourth-order valence-electron chi connectivity index (χ4n) is 2.10. The van der Waals surface area contributed by atoms with Crippen molar-refractivity contribution in [1.29, 1.82) is 0 Å². The molecule has 1 rings (SSSR count). The van der Waals surface area contributed by atoms with E-state index in [4.69, 9.17) is 10.5 Å². The molecule has 0 fully saturated rings. The van der Waals surface area contributed by atoms with E-state index in [2.05, 4.69) is 33.8 Å². The zero-order valence-electron chi connectivity index (χ0n) is 11.5. The SMILES string of the molecule is CCC(N)C(c1ccc(Br)s1)N(CCO)CCOC. The highest BCUT2D eigenvalue weighted by Gasteiger charge is 2.26. The van der Waals surface area contributed by atoms with Crippen LogP contribution in [0.4, 0.5) is 0 Å². The Balaban J connectivity index is 2.91. The average Bonchev–Trinajstić information content (AvgIpc) is 2.82. The van der Waals surface area contributed by atoms with E-state index in [0.29, 0.717) is 13.2 Å². The molecule has 0 aliphatic carbocycles. The molecule has 0 aromatic carbocycles. The molecule has 0 saturated carbocycles. The molecule has 0 amide bonds. The first kappa shape index (κ1) is 17.1. The molecule has 0 saturated heterocycles. The van der Waals surface area contributed by atoms with Crippen LogP contribution in [0.15, 0.2) is 15.9 Å². The number of hydrogen-bond acceptors (Lipinski definition) is 5. The first-order valence-electron chi connectivity index (χ1n) is 6.48. The lowest BCUT2D eigenvalue weighted by Crippen LogP contribution is -2.43. The third kappa shape index (κ3) is 5.13. The Morgan fingerprint density at radius 3 is 2.68 bits per heavy atom. The van der Waals surface area contributed by atoms with E-state index in [9.17, 15) is 5.11 Å². The van der Waals surface area contributed by atoms with Gasteiger partial charge in [0.1, 0.15) is 0 Å². The Morgan fingerprint density at radius 1 is 1.47 bits per heavy atom. The van der Waals surface area contributed by atoms with Gasteiger partial charge >= 0.3 is 0 Å². The molecular formula is C13H23BrN2O2S. The summed E-state index contributed by atoms with van der Waals surface area (Å²) >= 11 is 5.20. The second kappa shape index (κ2) is 9.05. The van der Waals surface area contributed by atoms with Gasteiger partial charge in [-0.05, 0) is 34.5 Å². The fourth-order valence-corrected chi connectivity index (χ4v) is 3.73. The first-order valence-corrected chi connectivity index (χ1v) is 8.09. The molecule has 0 spiro atoms. The molecule has 1 aromatic rings. The van der Waals surface area contributed by atoms with Crippen LogP contribution in [0.1, 0.15) is 24.3 Å². The Kier molecular flexibility index (Phi) is 8.13. The van der Waals surface area contributed by atoms with E-state index in [-0.39, 0.29) is 18.7 Å². The monoisotopic (exact) mass is 350 g/mol. The van der Waals surface area contributed by atoms with Gasteiger partial charge in [0.2, 0.25) is 0 Å². The molecule has 0 aliphatic heterocycles. The van der Waals surface area contributed by atoms with Crippen LogP contribution >= 0.6 is 27.3 Å². The molecule has 3 N–H and O–H groups in total. The molecule has 19 heavy (non-hydrogen) atoms. The number of ether oxygens (including phenoxy) is 1. The maximum absolute atomic E-state index is 9.26. The predicted molar refractivity (Wildman–Crippen MR) is 83.6 cm³/mol. The van der Waals surface area contributed by atoms with E-state index >= 15 is 0 Å². The zero-order valence-corrected chi connectivity index (χ0v) is 13.9. The summed E-state index contributed by atoms with van der Waals surface area (Å²) in [7, 11) is 1.69. The fraction of sp³-hybridized carbons (Fsp3) is 0.692. The van der Waals surface area contributed by atoms with Gasteiger partial charge in [0.25, 0.3) is 0 Å². The second-order valence-electron chi connectivity index (χ2n) is 4.41. The first-order chi connectivity index (χ1) is 9.13. The largest absolute Gasteiger partial charge is 0.395 e. The second-order valence-corrected chi connectivity index (χ2v) is 6.91. The molecule has 0 bridgehead atoms. The molecule has 0 aliphatic rings. The molecular weight excluding hydrogens is 328 g/mol. The summed E-state index contributed by atoms with van der Waals surface area (Å²) in [6, 6.07) is 4.33. The third-order valence-corrected chi connectivity index (χ3v) is 4.82. The van der Waals surface area contributed by atoms with Gasteiger partial charge in [-0.15, -0.1) is 11.3 Å². The topological polar surface area (TPSA) is 58.7 Å². The van der Waals surface area contributed by atoms with Crippen molar-refractivity contribution < 1.29 is 9.84 Å². The van der Waals surface area contributed by atoms with Crippen molar-refractivity contribution in [1.82, 2.24) is 4.90 Å². The van der Waals surface area contributed by atoms with Crippen LogP contribution in [0.3, 0.4) is 0 Å². The summed E-state index contributed by atoms with van der Waals surface area (Å²) < 4.78 is 6.26. The van der Waals surface area contributed by atoms with Crippen molar-refractivity contribution in [3.05, 3.63) is 20.8 Å². The minimum absolute atomic E-state index is 0.0500. The van der Waals surface area contributed by atoms with Gasteiger partial charge in [-0.25, -0.2) is 0 Å². The maximum atomic E-state index is 9.26. The summed E-state index contributed by atoms with van der Waals surface area (Å²) in [5, 5.41) is 9.26. The lowest BCUT2D eigenvalue weighted by atomic mass is 10.0. The number of aliphatic hydroxyl groups is 1. The van der Waals surface area contributed by atoms with E-state index in [0.717, 1.165) is 16.8 Å². The van der Waals surface area contributed by atoms with Crippen LogP contribution in [0.2, 0.25) is 0 Å². The number of hydrogen-bond donors (Lipinski definition) is 2. The number of nitrogens with two attached hydrogens (primary N) is 1. The number of aliphatic hydroxyl groups excluding tert-OH is 1. The van der Waals surface area contributed by atoms with Gasteiger partial charge in [-0.2, -0.15) is 0 Å². The van der Waals surface area contributed by atoms with E-state index in [1.54, 1.807) is 18.4 Å². The van der Waals surface area contributed by atoms with Gasteiger partial charge in [0.05, 0.1) is 23.0 Å². The lowest BCUT2D eigenvalue weighted by molar-refractivity contribution is 0.0912. The quantitative estimate of drug-likeness (QED) is 0.716. The van der Waals surface area contributed by atoms with E-state index < -0.39 is 0 Å². The Morgan fingerprint density at radius 2 is 2.21 bits per heavy atom. The number of methoxy groups -OCH3 is 1. The van der Waals surface area contributed by atoms with Crippen LogP contribution in [0.25, 0.3) is 0 Å². The molecule has 2 atom stereocenters. The van der Waals surface area contributed by atoms with Crippen LogP contribution in [0.5, 0.6) is 0 Å². The van der Waals surface area contributed by atoms with Crippen molar-refractivity contribution >= 4 is 27.3 Å². The van der Waals surface area contributed by atoms with Crippen LogP contribution in [-0.4, -0.2) is 49.5 Å². The molecule has 110 valence electrons. The van der Waals surface area contributed by atoms with Gasteiger partial charge < -0.3 is 15.6 Å². The summed E-state index contributed by atoms with van der Waals surface area (Å²) in [5.74, 6) is 0. The Labute approximate surface area is 127 Å².